The van der Waals surface area contributed by atoms with Crippen molar-refractivity contribution in [1.29, 1.82) is 5.26 Å². The molecule has 0 N–H and O–H groups in total. The molecule has 0 aliphatic heterocycles. The standard InChI is InChI=1S/C8H7NO2S/c1-5-3-6(8(10)11-2)12-7(5)4-9/h3H,1-2H3. The van der Waals surface area contributed by atoms with Crippen molar-refractivity contribution in [2.24, 2.45) is 0 Å². The van der Waals surface area contributed by atoms with Gasteiger partial charge in [-0.25, -0.2) is 4.79 Å². The fourth-order valence-electron chi connectivity index (χ4n) is 0.794. The first kappa shape index (κ1) is 8.75. The monoisotopic (exact) mass is 181 g/mol. The molecule has 0 unspecified atom stereocenters. The SMILES string of the molecule is COC(=O)c1cc(C)c(C#N)s1. The van der Waals surface area contributed by atoms with Crippen molar-refractivity contribution in [2.75, 3.05) is 7.11 Å². The van der Waals surface area contributed by atoms with Crippen molar-refractivity contribution in [3.8, 4) is 6.07 Å². The molecule has 0 saturated heterocycles. The predicted molar refractivity (Wildman–Crippen MR) is 45.1 cm³/mol. The highest BCUT2D eigenvalue weighted by Crippen LogP contribution is 2.21. The summed E-state index contributed by atoms with van der Waals surface area (Å²) in [6, 6.07) is 3.67. The molecule has 0 amide bonds. The van der Waals surface area contributed by atoms with Gasteiger partial charge in [-0.2, -0.15) is 5.26 Å². The summed E-state index contributed by atoms with van der Waals surface area (Å²) >= 11 is 1.16. The normalized spacial score (nSPS) is 9.08. The Morgan fingerprint density at radius 2 is 2.42 bits per heavy atom. The van der Waals surface area contributed by atoms with E-state index in [1.54, 1.807) is 13.0 Å². The number of carbonyl (C=O) groups is 1. The van der Waals surface area contributed by atoms with Crippen LogP contribution in [0.1, 0.15) is 20.1 Å². The van der Waals surface area contributed by atoms with Gasteiger partial charge in [0.05, 0.1) is 7.11 Å². The number of nitriles is 1. The van der Waals surface area contributed by atoms with Crippen molar-refractivity contribution < 1.29 is 9.53 Å². The summed E-state index contributed by atoms with van der Waals surface area (Å²) in [4.78, 5) is 12.0. The van der Waals surface area contributed by atoms with Gasteiger partial charge in [0, 0.05) is 0 Å². The van der Waals surface area contributed by atoms with E-state index in [-0.39, 0.29) is 5.97 Å². The molecule has 1 heterocycles. The average Bonchev–Trinajstić information content (AvgIpc) is 2.45. The molecule has 62 valence electrons. The number of aryl methyl sites for hydroxylation is 1. The second-order valence-corrected chi connectivity index (χ2v) is 3.28. The minimum Gasteiger partial charge on any atom is -0.465 e. The van der Waals surface area contributed by atoms with Crippen LogP contribution in [0.3, 0.4) is 0 Å². The van der Waals surface area contributed by atoms with Gasteiger partial charge in [-0.15, -0.1) is 11.3 Å². The molecule has 0 aliphatic carbocycles. The van der Waals surface area contributed by atoms with E-state index in [1.807, 2.05) is 6.07 Å². The van der Waals surface area contributed by atoms with Gasteiger partial charge in [0.25, 0.3) is 0 Å². The lowest BCUT2D eigenvalue weighted by Gasteiger charge is -1.90. The summed E-state index contributed by atoms with van der Waals surface area (Å²) in [5.41, 5.74) is 0.822. The van der Waals surface area contributed by atoms with Crippen LogP contribution in [0.25, 0.3) is 0 Å². The number of rotatable bonds is 1. The Hall–Kier alpha value is -1.34. The Balaban J connectivity index is 3.07. The van der Waals surface area contributed by atoms with Crippen LogP contribution in [0.15, 0.2) is 6.07 Å². The third-order valence-corrected chi connectivity index (χ3v) is 2.53. The van der Waals surface area contributed by atoms with Gasteiger partial charge in [0.15, 0.2) is 0 Å². The van der Waals surface area contributed by atoms with E-state index >= 15 is 0 Å². The van der Waals surface area contributed by atoms with Gasteiger partial charge in [-0.3, -0.25) is 0 Å². The molecule has 0 fully saturated rings. The zero-order valence-corrected chi connectivity index (χ0v) is 7.57. The fraction of sp³-hybridized carbons (Fsp3) is 0.250. The van der Waals surface area contributed by atoms with E-state index in [0.29, 0.717) is 9.75 Å². The Bertz CT molecular complexity index is 348. The molecular formula is C8H7NO2S. The van der Waals surface area contributed by atoms with Gasteiger partial charge >= 0.3 is 5.97 Å². The lowest BCUT2D eigenvalue weighted by Crippen LogP contribution is -1.96. The molecule has 0 spiro atoms. The van der Waals surface area contributed by atoms with Crippen LogP contribution in [0.4, 0.5) is 0 Å². The maximum atomic E-state index is 11.0. The smallest absolute Gasteiger partial charge is 0.348 e. The van der Waals surface area contributed by atoms with Gasteiger partial charge in [-0.1, -0.05) is 0 Å². The number of methoxy groups -OCH3 is 1. The van der Waals surface area contributed by atoms with Crippen LogP contribution in [-0.4, -0.2) is 13.1 Å². The number of ether oxygens (including phenoxy) is 1. The van der Waals surface area contributed by atoms with Gasteiger partial charge in [-0.05, 0) is 18.6 Å². The fourth-order valence-corrected chi connectivity index (χ4v) is 1.68. The molecule has 4 heteroatoms. The molecular weight excluding hydrogens is 174 g/mol. The number of esters is 1. The lowest BCUT2D eigenvalue weighted by atomic mass is 10.3. The Morgan fingerprint density at radius 1 is 1.75 bits per heavy atom. The summed E-state index contributed by atoms with van der Waals surface area (Å²) in [6.07, 6.45) is 0. The average molecular weight is 181 g/mol. The summed E-state index contributed by atoms with van der Waals surface area (Å²) in [5, 5.41) is 8.59. The van der Waals surface area contributed by atoms with Crippen molar-refractivity contribution in [3.63, 3.8) is 0 Å². The third-order valence-electron chi connectivity index (χ3n) is 1.41. The van der Waals surface area contributed by atoms with Crippen LogP contribution >= 0.6 is 11.3 Å². The quantitative estimate of drug-likeness (QED) is 0.620. The number of carbonyl (C=O) groups excluding carboxylic acids is 1. The number of thiophene rings is 1. The molecule has 0 atom stereocenters. The highest BCUT2D eigenvalue weighted by Gasteiger charge is 2.11. The Labute approximate surface area is 74.2 Å². The number of nitrogens with zero attached hydrogens (tertiary/aromatic N) is 1. The first-order valence-electron chi connectivity index (χ1n) is 3.28. The molecule has 0 saturated carbocycles. The molecule has 0 aromatic carbocycles. The summed E-state index contributed by atoms with van der Waals surface area (Å²) in [7, 11) is 1.32. The molecule has 1 rings (SSSR count). The second-order valence-electron chi connectivity index (χ2n) is 2.23. The summed E-state index contributed by atoms with van der Waals surface area (Å²) in [6.45, 7) is 1.79. The largest absolute Gasteiger partial charge is 0.465 e. The van der Waals surface area contributed by atoms with E-state index < -0.39 is 0 Å². The van der Waals surface area contributed by atoms with Crippen molar-refractivity contribution in [1.82, 2.24) is 0 Å². The van der Waals surface area contributed by atoms with Gasteiger partial charge < -0.3 is 4.74 Å². The van der Waals surface area contributed by atoms with E-state index in [4.69, 9.17) is 5.26 Å². The van der Waals surface area contributed by atoms with E-state index in [0.717, 1.165) is 16.9 Å². The maximum absolute atomic E-state index is 11.0. The Morgan fingerprint density at radius 3 is 2.83 bits per heavy atom. The number of hydrogen-bond donors (Lipinski definition) is 0. The zero-order chi connectivity index (χ0) is 9.14. The Kier molecular flexibility index (Phi) is 2.46. The van der Waals surface area contributed by atoms with E-state index in [9.17, 15) is 4.79 Å². The first-order chi connectivity index (χ1) is 5.69. The van der Waals surface area contributed by atoms with Crippen molar-refractivity contribution in [2.45, 2.75) is 6.92 Å². The van der Waals surface area contributed by atoms with Crippen molar-refractivity contribution >= 4 is 17.3 Å². The second kappa shape index (κ2) is 3.37. The molecule has 0 radical (unpaired) electrons. The van der Waals surface area contributed by atoms with Crippen LogP contribution in [0.5, 0.6) is 0 Å². The van der Waals surface area contributed by atoms with Crippen LogP contribution in [-0.2, 0) is 4.74 Å². The molecule has 0 bridgehead atoms. The van der Waals surface area contributed by atoms with Gasteiger partial charge in [0.2, 0.25) is 0 Å². The summed E-state index contributed by atoms with van der Waals surface area (Å²) < 4.78 is 4.51. The maximum Gasteiger partial charge on any atom is 0.348 e. The molecule has 12 heavy (non-hydrogen) atoms. The highest BCUT2D eigenvalue weighted by atomic mass is 32.1. The minimum atomic E-state index is -0.385. The zero-order valence-electron chi connectivity index (χ0n) is 6.75. The highest BCUT2D eigenvalue weighted by molar-refractivity contribution is 7.14. The predicted octanol–water partition coefficient (Wildman–Crippen LogP) is 1.71. The topological polar surface area (TPSA) is 50.1 Å². The molecule has 1 aromatic heterocycles. The third kappa shape index (κ3) is 1.46. The molecule has 3 nitrogen and oxygen atoms in total. The van der Waals surface area contributed by atoms with Crippen LogP contribution < -0.4 is 0 Å². The van der Waals surface area contributed by atoms with Crippen molar-refractivity contribution in [3.05, 3.63) is 21.4 Å². The lowest BCUT2D eigenvalue weighted by molar-refractivity contribution is 0.0606. The first-order valence-corrected chi connectivity index (χ1v) is 4.09. The van der Waals surface area contributed by atoms with Gasteiger partial charge in [0.1, 0.15) is 15.8 Å². The minimum absolute atomic E-state index is 0.385. The van der Waals surface area contributed by atoms with Crippen LogP contribution in [0, 0.1) is 18.3 Å². The summed E-state index contributed by atoms with van der Waals surface area (Å²) in [5.74, 6) is -0.385. The van der Waals surface area contributed by atoms with E-state index in [1.165, 1.54) is 7.11 Å². The van der Waals surface area contributed by atoms with Crippen LogP contribution in [0.2, 0.25) is 0 Å². The molecule has 0 aliphatic rings. The van der Waals surface area contributed by atoms with E-state index in [2.05, 4.69) is 4.74 Å². The molecule has 1 aromatic rings. The number of hydrogen-bond acceptors (Lipinski definition) is 4.